The van der Waals surface area contributed by atoms with E-state index in [4.69, 9.17) is 21.4 Å². The van der Waals surface area contributed by atoms with Crippen molar-refractivity contribution in [3.63, 3.8) is 0 Å². The molecule has 0 saturated heterocycles. The summed E-state index contributed by atoms with van der Waals surface area (Å²) < 4.78 is 5.55. The van der Waals surface area contributed by atoms with Crippen LogP contribution in [-0.4, -0.2) is 21.0 Å². The molecule has 0 aliphatic heterocycles. The zero-order valence-electron chi connectivity index (χ0n) is 10.8. The Balaban J connectivity index is 2.12. The molecule has 0 amide bonds. The fraction of sp³-hybridized carbons (Fsp3) is 0.214. The Bertz CT molecular complexity index is 632. The second-order valence-electron chi connectivity index (χ2n) is 4.09. The van der Waals surface area contributed by atoms with Crippen molar-refractivity contribution in [3.8, 4) is 5.75 Å². The van der Waals surface area contributed by atoms with Crippen LogP contribution >= 0.6 is 11.6 Å². The van der Waals surface area contributed by atoms with Crippen molar-refractivity contribution in [2.75, 3.05) is 0 Å². The van der Waals surface area contributed by atoms with Gasteiger partial charge < -0.3 is 9.84 Å². The lowest BCUT2D eigenvalue weighted by atomic mass is 10.2. The molecule has 0 aliphatic carbocycles. The Morgan fingerprint density at radius 2 is 2.15 bits per heavy atom. The van der Waals surface area contributed by atoms with Crippen LogP contribution in [0.5, 0.6) is 5.75 Å². The quantitative estimate of drug-likeness (QED) is 0.858. The second kappa shape index (κ2) is 6.34. The van der Waals surface area contributed by atoms with Gasteiger partial charge in [0.25, 0.3) is 0 Å². The topological polar surface area (TPSA) is 72.3 Å². The monoisotopic (exact) mass is 292 g/mol. The molecular formula is C14H13ClN2O3. The maximum Gasteiger partial charge on any atom is 0.354 e. The lowest BCUT2D eigenvalue weighted by Gasteiger charge is -2.07. The SMILES string of the molecule is CCc1cccc(OCc2nc(Cl)cc(C(=O)O)n2)c1. The molecule has 20 heavy (non-hydrogen) atoms. The molecule has 5 nitrogen and oxygen atoms in total. The van der Waals surface area contributed by atoms with Gasteiger partial charge in [-0.3, -0.25) is 0 Å². The molecular weight excluding hydrogens is 280 g/mol. The van der Waals surface area contributed by atoms with Crippen molar-refractivity contribution in [3.05, 3.63) is 52.6 Å². The molecule has 0 radical (unpaired) electrons. The van der Waals surface area contributed by atoms with Crippen LogP contribution in [0.4, 0.5) is 0 Å². The maximum absolute atomic E-state index is 10.9. The molecule has 1 heterocycles. The van der Waals surface area contributed by atoms with Gasteiger partial charge in [0, 0.05) is 6.07 Å². The third-order valence-corrected chi connectivity index (χ3v) is 2.83. The highest BCUT2D eigenvalue weighted by atomic mass is 35.5. The van der Waals surface area contributed by atoms with Crippen LogP contribution in [0.1, 0.15) is 28.8 Å². The number of carbonyl (C=O) groups is 1. The van der Waals surface area contributed by atoms with E-state index in [1.165, 1.54) is 6.07 Å². The van der Waals surface area contributed by atoms with Crippen LogP contribution in [0, 0.1) is 0 Å². The van der Waals surface area contributed by atoms with Crippen molar-refractivity contribution in [1.82, 2.24) is 9.97 Å². The van der Waals surface area contributed by atoms with Gasteiger partial charge in [0.15, 0.2) is 11.5 Å². The number of hydrogen-bond donors (Lipinski definition) is 1. The van der Waals surface area contributed by atoms with E-state index in [-0.39, 0.29) is 23.3 Å². The van der Waals surface area contributed by atoms with Crippen LogP contribution in [0.25, 0.3) is 0 Å². The van der Waals surface area contributed by atoms with Gasteiger partial charge in [0.05, 0.1) is 0 Å². The Labute approximate surface area is 121 Å². The zero-order chi connectivity index (χ0) is 14.5. The van der Waals surface area contributed by atoms with E-state index < -0.39 is 5.97 Å². The van der Waals surface area contributed by atoms with Crippen molar-refractivity contribution < 1.29 is 14.6 Å². The molecule has 1 aromatic heterocycles. The molecule has 1 aromatic carbocycles. The minimum atomic E-state index is -1.15. The molecule has 6 heteroatoms. The molecule has 0 spiro atoms. The van der Waals surface area contributed by atoms with Crippen LogP contribution in [0.3, 0.4) is 0 Å². The lowest BCUT2D eigenvalue weighted by molar-refractivity contribution is 0.0689. The summed E-state index contributed by atoms with van der Waals surface area (Å²) in [6.07, 6.45) is 0.911. The van der Waals surface area contributed by atoms with E-state index in [1.54, 1.807) is 0 Å². The first-order chi connectivity index (χ1) is 9.58. The minimum absolute atomic E-state index is 0.0635. The number of aromatic carboxylic acids is 1. The van der Waals surface area contributed by atoms with Crippen molar-refractivity contribution in [2.45, 2.75) is 20.0 Å². The van der Waals surface area contributed by atoms with Crippen molar-refractivity contribution in [2.24, 2.45) is 0 Å². The van der Waals surface area contributed by atoms with Gasteiger partial charge in [-0.05, 0) is 24.1 Å². The van der Waals surface area contributed by atoms with Crippen molar-refractivity contribution in [1.29, 1.82) is 0 Å². The summed E-state index contributed by atoms with van der Waals surface area (Å²) in [5, 5.41) is 8.98. The summed E-state index contributed by atoms with van der Waals surface area (Å²) in [6.45, 7) is 2.12. The van der Waals surface area contributed by atoms with E-state index in [0.717, 1.165) is 12.0 Å². The number of aryl methyl sites for hydroxylation is 1. The van der Waals surface area contributed by atoms with Crippen LogP contribution < -0.4 is 4.74 Å². The van der Waals surface area contributed by atoms with E-state index in [2.05, 4.69) is 16.9 Å². The first-order valence-electron chi connectivity index (χ1n) is 6.07. The van der Waals surface area contributed by atoms with Gasteiger partial charge >= 0.3 is 5.97 Å². The number of hydrogen-bond acceptors (Lipinski definition) is 4. The molecule has 0 aliphatic rings. The summed E-state index contributed by atoms with van der Waals surface area (Å²) in [5.41, 5.74) is 1.01. The predicted octanol–water partition coefficient (Wildman–Crippen LogP) is 2.97. The highest BCUT2D eigenvalue weighted by molar-refractivity contribution is 6.29. The standard InChI is InChI=1S/C14H13ClN2O3/c1-2-9-4-3-5-10(6-9)20-8-13-16-11(14(18)19)7-12(15)17-13/h3-7H,2,8H2,1H3,(H,18,19). The number of rotatable bonds is 5. The first-order valence-corrected chi connectivity index (χ1v) is 6.44. The summed E-state index contributed by atoms with van der Waals surface area (Å²) in [6, 6.07) is 8.84. The van der Waals surface area contributed by atoms with Crippen LogP contribution in [0.15, 0.2) is 30.3 Å². The number of benzene rings is 1. The Morgan fingerprint density at radius 1 is 1.35 bits per heavy atom. The van der Waals surface area contributed by atoms with Gasteiger partial charge in [-0.25, -0.2) is 14.8 Å². The second-order valence-corrected chi connectivity index (χ2v) is 4.47. The third kappa shape index (κ3) is 3.68. The van der Waals surface area contributed by atoms with E-state index in [0.29, 0.717) is 5.75 Å². The first kappa shape index (κ1) is 14.3. The molecule has 2 rings (SSSR count). The molecule has 0 bridgehead atoms. The van der Waals surface area contributed by atoms with Gasteiger partial charge in [-0.2, -0.15) is 0 Å². The summed E-state index contributed by atoms with van der Waals surface area (Å²) in [7, 11) is 0. The average Bonchev–Trinajstić information content (AvgIpc) is 2.44. The van der Waals surface area contributed by atoms with Crippen LogP contribution in [-0.2, 0) is 13.0 Å². The summed E-state index contributed by atoms with van der Waals surface area (Å²) >= 11 is 5.75. The molecule has 104 valence electrons. The average molecular weight is 293 g/mol. The Morgan fingerprint density at radius 3 is 2.85 bits per heavy atom. The van der Waals surface area contributed by atoms with Crippen LogP contribution in [0.2, 0.25) is 5.15 Å². The van der Waals surface area contributed by atoms with Gasteiger partial charge in [-0.15, -0.1) is 0 Å². The fourth-order valence-electron chi connectivity index (χ4n) is 1.64. The zero-order valence-corrected chi connectivity index (χ0v) is 11.6. The highest BCUT2D eigenvalue weighted by Gasteiger charge is 2.10. The highest BCUT2D eigenvalue weighted by Crippen LogP contribution is 2.15. The largest absolute Gasteiger partial charge is 0.486 e. The Kier molecular flexibility index (Phi) is 4.53. The normalized spacial score (nSPS) is 10.3. The molecule has 2 aromatic rings. The fourth-order valence-corrected chi connectivity index (χ4v) is 1.84. The number of aromatic nitrogens is 2. The number of carboxylic acid groups (broad SMARTS) is 1. The molecule has 0 saturated carbocycles. The maximum atomic E-state index is 10.9. The summed E-state index contributed by atoms with van der Waals surface area (Å²) in [5.74, 6) is -0.231. The summed E-state index contributed by atoms with van der Waals surface area (Å²) in [4.78, 5) is 18.7. The van der Waals surface area contributed by atoms with Gasteiger partial charge in [0.2, 0.25) is 0 Å². The predicted molar refractivity (Wildman–Crippen MR) is 74.2 cm³/mol. The molecule has 1 N–H and O–H groups in total. The van der Waals surface area contributed by atoms with Gasteiger partial charge in [-0.1, -0.05) is 30.7 Å². The number of halogens is 1. The molecule has 0 unspecified atom stereocenters. The van der Waals surface area contributed by atoms with E-state index in [9.17, 15) is 4.79 Å². The van der Waals surface area contributed by atoms with E-state index >= 15 is 0 Å². The minimum Gasteiger partial charge on any atom is -0.486 e. The number of carboxylic acids is 1. The Hall–Kier alpha value is -2.14. The number of nitrogens with zero attached hydrogens (tertiary/aromatic N) is 2. The molecule has 0 fully saturated rings. The van der Waals surface area contributed by atoms with Gasteiger partial charge in [0.1, 0.15) is 17.5 Å². The van der Waals surface area contributed by atoms with Crippen molar-refractivity contribution >= 4 is 17.6 Å². The lowest BCUT2D eigenvalue weighted by Crippen LogP contribution is -2.08. The number of ether oxygens (including phenoxy) is 1. The molecule has 0 atom stereocenters. The smallest absolute Gasteiger partial charge is 0.354 e. The third-order valence-electron chi connectivity index (χ3n) is 2.63. The van der Waals surface area contributed by atoms with E-state index in [1.807, 2.05) is 24.3 Å².